The van der Waals surface area contributed by atoms with Gasteiger partial charge in [0.2, 0.25) is 0 Å². The molecule has 0 unspecified atom stereocenters. The van der Waals surface area contributed by atoms with Gasteiger partial charge < -0.3 is 15.0 Å². The Hall–Kier alpha value is -3.19. The first-order valence-electron chi connectivity index (χ1n) is 9.17. The van der Waals surface area contributed by atoms with Crippen molar-refractivity contribution in [1.82, 2.24) is 9.97 Å². The molecule has 0 aliphatic heterocycles. The Morgan fingerprint density at radius 1 is 1.17 bits per heavy atom. The highest BCUT2D eigenvalue weighted by atomic mass is 35.5. The first-order valence-corrected chi connectivity index (χ1v) is 9.54. The molecule has 0 radical (unpaired) electrons. The summed E-state index contributed by atoms with van der Waals surface area (Å²) >= 11 is 6.00. The quantitative estimate of drug-likeness (QED) is 0.577. The van der Waals surface area contributed by atoms with Crippen molar-refractivity contribution in [2.45, 2.75) is 32.3 Å². The molecule has 2 N–H and O–H groups in total. The highest BCUT2D eigenvalue weighted by Crippen LogP contribution is 2.20. The third-order valence-corrected chi connectivity index (χ3v) is 4.60. The van der Waals surface area contributed by atoms with Crippen LogP contribution < -0.4 is 10.9 Å². The summed E-state index contributed by atoms with van der Waals surface area (Å²) in [6, 6.07) is 13.9. The van der Waals surface area contributed by atoms with E-state index in [0.717, 1.165) is 0 Å². The van der Waals surface area contributed by atoms with Gasteiger partial charge in [-0.1, -0.05) is 35.9 Å². The average molecular weight is 414 g/mol. The van der Waals surface area contributed by atoms with Crippen LogP contribution in [0.25, 0.3) is 10.9 Å². The third kappa shape index (κ3) is 5.42. The van der Waals surface area contributed by atoms with Crippen LogP contribution in [0.15, 0.2) is 53.3 Å². The number of hydrogen-bond acceptors (Lipinski definition) is 5. The van der Waals surface area contributed by atoms with E-state index in [2.05, 4.69) is 15.3 Å². The number of carbonyl (C=O) groups is 2. The lowest BCUT2D eigenvalue weighted by Gasteiger charge is -2.14. The molecule has 7 nitrogen and oxygen atoms in total. The second kappa shape index (κ2) is 9.34. The minimum absolute atomic E-state index is 0.0975. The molecule has 0 spiro atoms. The summed E-state index contributed by atoms with van der Waals surface area (Å²) in [6.45, 7) is 1.49. The standard InChI is InChI=1S/C21H20ClN3O4/c1-13(20(27)24-17-10-5-3-8-15(17)22)29-19(26)12-6-11-18-23-16-9-4-2-7-14(16)21(28)25-18/h2-5,7-10,13H,6,11-12H2,1H3,(H,24,27)(H,23,25,28)/t13-/m0/s1. The third-order valence-electron chi connectivity index (χ3n) is 4.27. The zero-order chi connectivity index (χ0) is 20.8. The number of nitrogens with zero attached hydrogens (tertiary/aromatic N) is 1. The zero-order valence-electron chi connectivity index (χ0n) is 15.8. The molecule has 3 rings (SSSR count). The molecule has 0 aliphatic carbocycles. The topological polar surface area (TPSA) is 101 Å². The van der Waals surface area contributed by atoms with Crippen molar-refractivity contribution in [3.8, 4) is 0 Å². The van der Waals surface area contributed by atoms with Crippen LogP contribution >= 0.6 is 11.6 Å². The lowest BCUT2D eigenvalue weighted by molar-refractivity contribution is -0.153. The lowest BCUT2D eigenvalue weighted by Crippen LogP contribution is -2.30. The number of anilines is 1. The Labute approximate surface area is 172 Å². The van der Waals surface area contributed by atoms with Gasteiger partial charge >= 0.3 is 5.97 Å². The Kier molecular flexibility index (Phi) is 6.61. The van der Waals surface area contributed by atoms with E-state index in [0.29, 0.717) is 40.3 Å². The Morgan fingerprint density at radius 2 is 1.90 bits per heavy atom. The number of halogens is 1. The van der Waals surface area contributed by atoms with Crippen molar-refractivity contribution in [3.05, 3.63) is 69.7 Å². The Morgan fingerprint density at radius 3 is 2.69 bits per heavy atom. The fourth-order valence-electron chi connectivity index (χ4n) is 2.76. The number of H-pyrrole nitrogens is 1. The van der Waals surface area contributed by atoms with Crippen molar-refractivity contribution in [2.75, 3.05) is 5.32 Å². The van der Waals surface area contributed by atoms with Gasteiger partial charge in [-0.25, -0.2) is 4.98 Å². The minimum atomic E-state index is -0.961. The van der Waals surface area contributed by atoms with Gasteiger partial charge in [0.05, 0.1) is 21.6 Å². The van der Waals surface area contributed by atoms with E-state index < -0.39 is 18.0 Å². The molecule has 0 saturated heterocycles. The molecular weight excluding hydrogens is 394 g/mol. The lowest BCUT2D eigenvalue weighted by atomic mass is 10.2. The number of aryl methyl sites for hydroxylation is 1. The van der Waals surface area contributed by atoms with E-state index >= 15 is 0 Å². The molecule has 1 amide bonds. The zero-order valence-corrected chi connectivity index (χ0v) is 16.5. The number of aromatic amines is 1. The van der Waals surface area contributed by atoms with Gasteiger partial charge in [0, 0.05) is 12.8 Å². The van der Waals surface area contributed by atoms with Crippen molar-refractivity contribution in [1.29, 1.82) is 0 Å². The van der Waals surface area contributed by atoms with E-state index in [1.165, 1.54) is 6.92 Å². The number of carbonyl (C=O) groups excluding carboxylic acids is 2. The molecule has 0 bridgehead atoms. The van der Waals surface area contributed by atoms with Crippen molar-refractivity contribution in [2.24, 2.45) is 0 Å². The molecule has 1 heterocycles. The first-order chi connectivity index (χ1) is 13.9. The van der Waals surface area contributed by atoms with Crippen LogP contribution in [0.4, 0.5) is 5.69 Å². The number of hydrogen-bond donors (Lipinski definition) is 2. The predicted molar refractivity (Wildman–Crippen MR) is 111 cm³/mol. The SMILES string of the molecule is C[C@H](OC(=O)CCCc1nc2ccccc2c(=O)[nH]1)C(=O)Nc1ccccc1Cl. The molecule has 1 atom stereocenters. The van der Waals surface area contributed by atoms with Gasteiger partial charge in [-0.15, -0.1) is 0 Å². The van der Waals surface area contributed by atoms with Gasteiger partial charge in [-0.3, -0.25) is 14.4 Å². The van der Waals surface area contributed by atoms with E-state index in [-0.39, 0.29) is 12.0 Å². The maximum atomic E-state index is 12.2. The van der Waals surface area contributed by atoms with Crippen LogP contribution in [-0.2, 0) is 20.7 Å². The molecule has 0 fully saturated rings. The Balaban J connectivity index is 1.49. The minimum Gasteiger partial charge on any atom is -0.453 e. The van der Waals surface area contributed by atoms with Gasteiger partial charge in [-0.05, 0) is 37.6 Å². The molecule has 1 aromatic heterocycles. The first kappa shape index (κ1) is 20.5. The van der Waals surface area contributed by atoms with E-state index in [1.807, 2.05) is 6.07 Å². The predicted octanol–water partition coefficient (Wildman–Crippen LogP) is 3.47. The summed E-state index contributed by atoms with van der Waals surface area (Å²) in [4.78, 5) is 43.3. The second-order valence-electron chi connectivity index (χ2n) is 6.48. The normalized spacial score (nSPS) is 11.8. The average Bonchev–Trinajstić information content (AvgIpc) is 2.69. The molecule has 3 aromatic rings. The number of fused-ring (bicyclic) bond motifs is 1. The van der Waals surface area contributed by atoms with Crippen LogP contribution in [0.5, 0.6) is 0 Å². The van der Waals surface area contributed by atoms with Crippen molar-refractivity contribution >= 4 is 40.1 Å². The molecule has 2 aromatic carbocycles. The van der Waals surface area contributed by atoms with E-state index in [4.69, 9.17) is 16.3 Å². The van der Waals surface area contributed by atoms with Crippen LogP contribution in [0.1, 0.15) is 25.6 Å². The number of amides is 1. The summed E-state index contributed by atoms with van der Waals surface area (Å²) in [5, 5.41) is 3.54. The van der Waals surface area contributed by atoms with Crippen LogP contribution in [0.2, 0.25) is 5.02 Å². The number of rotatable bonds is 7. The highest BCUT2D eigenvalue weighted by Gasteiger charge is 2.18. The fraction of sp³-hybridized carbons (Fsp3) is 0.238. The van der Waals surface area contributed by atoms with Crippen LogP contribution in [0.3, 0.4) is 0 Å². The van der Waals surface area contributed by atoms with Gasteiger partial charge in [0.1, 0.15) is 5.82 Å². The monoisotopic (exact) mass is 413 g/mol. The number of benzene rings is 2. The van der Waals surface area contributed by atoms with Crippen LogP contribution in [-0.4, -0.2) is 27.9 Å². The highest BCUT2D eigenvalue weighted by molar-refractivity contribution is 6.33. The molecule has 0 saturated carbocycles. The van der Waals surface area contributed by atoms with Crippen molar-refractivity contribution < 1.29 is 14.3 Å². The smallest absolute Gasteiger partial charge is 0.306 e. The van der Waals surface area contributed by atoms with E-state index in [1.54, 1.807) is 42.5 Å². The summed E-state index contributed by atoms with van der Waals surface area (Å²) in [5.41, 5.74) is 0.852. The summed E-state index contributed by atoms with van der Waals surface area (Å²) in [7, 11) is 0. The Bertz CT molecular complexity index is 1100. The number of nitrogens with one attached hydrogen (secondary N) is 2. The summed E-state index contributed by atoms with van der Waals surface area (Å²) in [6.07, 6.45) is -0.0217. The molecule has 29 heavy (non-hydrogen) atoms. The maximum Gasteiger partial charge on any atom is 0.306 e. The summed E-state index contributed by atoms with van der Waals surface area (Å²) < 4.78 is 5.17. The molecule has 0 aliphatic rings. The van der Waals surface area contributed by atoms with E-state index in [9.17, 15) is 14.4 Å². The molecule has 8 heteroatoms. The van der Waals surface area contributed by atoms with Gasteiger partial charge in [0.25, 0.3) is 11.5 Å². The van der Waals surface area contributed by atoms with Gasteiger partial charge in [0.15, 0.2) is 6.10 Å². The number of ether oxygens (including phenoxy) is 1. The fourth-order valence-corrected chi connectivity index (χ4v) is 2.94. The van der Waals surface area contributed by atoms with Gasteiger partial charge in [-0.2, -0.15) is 0 Å². The maximum absolute atomic E-state index is 12.2. The largest absolute Gasteiger partial charge is 0.453 e. The molecule has 150 valence electrons. The number of esters is 1. The summed E-state index contributed by atoms with van der Waals surface area (Å²) in [5.74, 6) is -0.465. The van der Waals surface area contributed by atoms with Crippen molar-refractivity contribution in [3.63, 3.8) is 0 Å². The molecular formula is C21H20ClN3O4. The number of aromatic nitrogens is 2. The second-order valence-corrected chi connectivity index (χ2v) is 6.89. The van der Waals surface area contributed by atoms with Crippen LogP contribution in [0, 0.1) is 0 Å². The number of para-hydroxylation sites is 2.